The third-order valence-electron chi connectivity index (χ3n) is 3.39. The predicted molar refractivity (Wildman–Crippen MR) is 69.2 cm³/mol. The first-order valence-corrected chi connectivity index (χ1v) is 5.78. The first-order chi connectivity index (χ1) is 7.81. The molecule has 1 aromatic carbocycles. The fourth-order valence-corrected chi connectivity index (χ4v) is 2.61. The van der Waals surface area contributed by atoms with E-state index in [1.807, 2.05) is 7.05 Å². The lowest BCUT2D eigenvalue weighted by atomic mass is 9.97. The third-order valence-corrected chi connectivity index (χ3v) is 3.39. The Kier molecular flexibility index (Phi) is 2.03. The van der Waals surface area contributed by atoms with Gasteiger partial charge in [-0.15, -0.1) is 0 Å². The van der Waals surface area contributed by atoms with E-state index in [9.17, 15) is 0 Å². The second-order valence-corrected chi connectivity index (χ2v) is 4.43. The standard InChI is InChI=1S/C14H16N2/c1-10-7-8-14-12(9-10)11-5-3-4-6-13(11)16(14)15-2/h3-6,9,15H,7-8H2,1-2H3. The van der Waals surface area contributed by atoms with Crippen molar-refractivity contribution >= 4 is 17.0 Å². The summed E-state index contributed by atoms with van der Waals surface area (Å²) in [5, 5.41) is 1.35. The van der Waals surface area contributed by atoms with Gasteiger partial charge < -0.3 is 5.43 Å². The lowest BCUT2D eigenvalue weighted by molar-refractivity contribution is 0.813. The van der Waals surface area contributed by atoms with Gasteiger partial charge >= 0.3 is 0 Å². The molecular formula is C14H16N2. The summed E-state index contributed by atoms with van der Waals surface area (Å²) in [7, 11) is 1.98. The van der Waals surface area contributed by atoms with Crippen molar-refractivity contribution in [1.82, 2.24) is 4.68 Å². The molecular weight excluding hydrogens is 196 g/mol. The van der Waals surface area contributed by atoms with Crippen molar-refractivity contribution in [2.75, 3.05) is 12.5 Å². The average Bonchev–Trinajstić information content (AvgIpc) is 2.62. The lowest BCUT2D eigenvalue weighted by Crippen LogP contribution is -2.13. The van der Waals surface area contributed by atoms with E-state index in [2.05, 4.69) is 47.4 Å². The lowest BCUT2D eigenvalue weighted by Gasteiger charge is -2.14. The zero-order valence-electron chi connectivity index (χ0n) is 9.75. The maximum atomic E-state index is 3.28. The minimum atomic E-state index is 1.13. The normalized spacial score (nSPS) is 14.8. The Balaban J connectivity index is 2.41. The summed E-state index contributed by atoms with van der Waals surface area (Å²) in [5.41, 5.74) is 8.85. The van der Waals surface area contributed by atoms with Gasteiger partial charge in [-0.3, -0.25) is 4.68 Å². The summed E-state index contributed by atoms with van der Waals surface area (Å²) in [6, 6.07) is 8.59. The number of rotatable bonds is 1. The fourth-order valence-electron chi connectivity index (χ4n) is 2.61. The molecule has 0 unspecified atom stereocenters. The zero-order valence-corrected chi connectivity index (χ0v) is 9.75. The average molecular weight is 212 g/mol. The molecule has 2 nitrogen and oxygen atoms in total. The van der Waals surface area contributed by atoms with Gasteiger partial charge in [0.2, 0.25) is 0 Å². The van der Waals surface area contributed by atoms with E-state index in [0.29, 0.717) is 0 Å². The molecule has 1 aromatic heterocycles. The van der Waals surface area contributed by atoms with Crippen LogP contribution >= 0.6 is 0 Å². The third kappa shape index (κ3) is 1.19. The van der Waals surface area contributed by atoms with Crippen LogP contribution in [-0.2, 0) is 6.42 Å². The molecule has 2 aromatic rings. The summed E-state index contributed by atoms with van der Waals surface area (Å²) in [6.07, 6.45) is 4.63. The van der Waals surface area contributed by atoms with Crippen LogP contribution in [0.3, 0.4) is 0 Å². The molecule has 0 saturated carbocycles. The predicted octanol–water partition coefficient (Wildman–Crippen LogP) is 3.16. The van der Waals surface area contributed by atoms with Crippen LogP contribution in [0, 0.1) is 0 Å². The van der Waals surface area contributed by atoms with Crippen LogP contribution in [0.1, 0.15) is 24.6 Å². The summed E-state index contributed by atoms with van der Waals surface area (Å²) < 4.78 is 2.22. The molecule has 1 N–H and O–H groups in total. The molecule has 16 heavy (non-hydrogen) atoms. The number of nitrogens with one attached hydrogen (secondary N) is 1. The quantitative estimate of drug-likeness (QED) is 0.768. The van der Waals surface area contributed by atoms with Crippen LogP contribution in [0.5, 0.6) is 0 Å². The largest absolute Gasteiger partial charge is 0.329 e. The van der Waals surface area contributed by atoms with Gasteiger partial charge in [0.25, 0.3) is 0 Å². The number of hydrogen-bond donors (Lipinski definition) is 1. The molecule has 1 heterocycles. The van der Waals surface area contributed by atoms with Crippen molar-refractivity contribution < 1.29 is 0 Å². The first kappa shape index (κ1) is 9.52. The highest BCUT2D eigenvalue weighted by molar-refractivity contribution is 5.92. The number of benzene rings is 1. The molecule has 0 amide bonds. The highest BCUT2D eigenvalue weighted by Crippen LogP contribution is 2.32. The van der Waals surface area contributed by atoms with E-state index >= 15 is 0 Å². The van der Waals surface area contributed by atoms with Crippen LogP contribution in [0.15, 0.2) is 29.8 Å². The number of aromatic nitrogens is 1. The van der Waals surface area contributed by atoms with Gasteiger partial charge in [-0.05, 0) is 25.8 Å². The van der Waals surface area contributed by atoms with Gasteiger partial charge in [0.05, 0.1) is 5.52 Å². The second-order valence-electron chi connectivity index (χ2n) is 4.43. The molecule has 3 rings (SSSR count). The van der Waals surface area contributed by atoms with Gasteiger partial charge in [0, 0.05) is 23.7 Å². The molecule has 0 fully saturated rings. The van der Waals surface area contributed by atoms with Crippen molar-refractivity contribution in [1.29, 1.82) is 0 Å². The minimum Gasteiger partial charge on any atom is -0.329 e. The van der Waals surface area contributed by atoms with Gasteiger partial charge in [-0.2, -0.15) is 0 Å². The molecule has 0 atom stereocenters. The Morgan fingerprint density at radius 3 is 2.81 bits per heavy atom. The monoisotopic (exact) mass is 212 g/mol. The molecule has 1 aliphatic rings. The van der Waals surface area contributed by atoms with Crippen LogP contribution in [0.4, 0.5) is 0 Å². The maximum Gasteiger partial charge on any atom is 0.0701 e. The van der Waals surface area contributed by atoms with Crippen LogP contribution in [-0.4, -0.2) is 11.7 Å². The summed E-state index contributed by atoms with van der Waals surface area (Å²) >= 11 is 0. The van der Waals surface area contributed by atoms with E-state index in [1.54, 1.807) is 0 Å². The van der Waals surface area contributed by atoms with Crippen molar-refractivity contribution in [2.24, 2.45) is 0 Å². The minimum absolute atomic E-state index is 1.13. The second kappa shape index (κ2) is 3.41. The molecule has 0 bridgehead atoms. The maximum absolute atomic E-state index is 3.28. The van der Waals surface area contributed by atoms with Crippen LogP contribution in [0.25, 0.3) is 17.0 Å². The Morgan fingerprint density at radius 2 is 2.00 bits per heavy atom. The Morgan fingerprint density at radius 1 is 1.19 bits per heavy atom. The van der Waals surface area contributed by atoms with E-state index in [1.165, 1.54) is 34.2 Å². The van der Waals surface area contributed by atoms with E-state index < -0.39 is 0 Å². The molecule has 0 spiro atoms. The van der Waals surface area contributed by atoms with Crippen molar-refractivity contribution in [2.45, 2.75) is 19.8 Å². The number of para-hydroxylation sites is 1. The molecule has 82 valence electrons. The van der Waals surface area contributed by atoms with Gasteiger partial charge in [0.15, 0.2) is 0 Å². The highest BCUT2D eigenvalue weighted by Gasteiger charge is 2.17. The topological polar surface area (TPSA) is 17.0 Å². The molecule has 0 saturated heterocycles. The SMILES string of the molecule is CNn1c2c(c3ccccc31)C=C(C)CC2. The van der Waals surface area contributed by atoms with Crippen molar-refractivity contribution in [3.05, 3.63) is 41.1 Å². The summed E-state index contributed by atoms with van der Waals surface area (Å²) in [6.45, 7) is 2.22. The van der Waals surface area contributed by atoms with E-state index in [-0.39, 0.29) is 0 Å². The summed E-state index contributed by atoms with van der Waals surface area (Å²) in [4.78, 5) is 0. The Bertz CT molecular complexity index is 576. The van der Waals surface area contributed by atoms with Crippen LogP contribution in [0.2, 0.25) is 0 Å². The number of fused-ring (bicyclic) bond motifs is 3. The van der Waals surface area contributed by atoms with Gasteiger partial charge in [0.1, 0.15) is 0 Å². The molecule has 2 heteroatoms. The Labute approximate surface area is 95.5 Å². The molecule has 0 radical (unpaired) electrons. The number of hydrogen-bond acceptors (Lipinski definition) is 1. The molecule has 0 aliphatic heterocycles. The first-order valence-electron chi connectivity index (χ1n) is 5.78. The zero-order chi connectivity index (χ0) is 11.1. The van der Waals surface area contributed by atoms with Crippen LogP contribution < -0.4 is 5.43 Å². The summed E-state index contributed by atoms with van der Waals surface area (Å²) in [5.74, 6) is 0. The highest BCUT2D eigenvalue weighted by atomic mass is 15.4. The van der Waals surface area contributed by atoms with Gasteiger partial charge in [-0.25, -0.2) is 0 Å². The Hall–Kier alpha value is -1.70. The smallest absolute Gasteiger partial charge is 0.0701 e. The van der Waals surface area contributed by atoms with E-state index in [0.717, 1.165) is 6.42 Å². The van der Waals surface area contributed by atoms with E-state index in [4.69, 9.17) is 0 Å². The number of nitrogens with zero attached hydrogens (tertiary/aromatic N) is 1. The fraction of sp³-hybridized carbons (Fsp3) is 0.286. The van der Waals surface area contributed by atoms with Crippen molar-refractivity contribution in [3.63, 3.8) is 0 Å². The van der Waals surface area contributed by atoms with Gasteiger partial charge in [-0.1, -0.05) is 29.8 Å². The number of allylic oxidation sites excluding steroid dienone is 1. The van der Waals surface area contributed by atoms with Crippen molar-refractivity contribution in [3.8, 4) is 0 Å². The molecule has 1 aliphatic carbocycles.